The molecule has 5 heterocycles. The highest BCUT2D eigenvalue weighted by molar-refractivity contribution is 7.19. The number of aromatic amines is 1. The summed E-state index contributed by atoms with van der Waals surface area (Å²) in [5.74, 6) is 1.37. The Morgan fingerprint density at radius 3 is 2.81 bits per heavy atom. The van der Waals surface area contributed by atoms with E-state index in [-0.39, 0.29) is 5.91 Å². The molecule has 0 unspecified atom stereocenters. The van der Waals surface area contributed by atoms with Crippen LogP contribution in [0.2, 0.25) is 0 Å². The fraction of sp³-hybridized carbons (Fsp3) is 0.269. The zero-order valence-corrected chi connectivity index (χ0v) is 20.8. The molecular weight excluding hydrogens is 474 g/mol. The van der Waals surface area contributed by atoms with Gasteiger partial charge in [0.05, 0.1) is 46.2 Å². The molecule has 1 saturated heterocycles. The first-order valence-corrected chi connectivity index (χ1v) is 12.6. The van der Waals surface area contributed by atoms with Crippen LogP contribution in [0.4, 0.5) is 5.82 Å². The molecule has 0 saturated carbocycles. The second kappa shape index (κ2) is 8.96. The highest BCUT2D eigenvalue weighted by Gasteiger charge is 2.28. The molecule has 0 atom stereocenters. The summed E-state index contributed by atoms with van der Waals surface area (Å²) in [7, 11) is 0. The maximum Gasteiger partial charge on any atom is 0.253 e. The number of amides is 1. The first-order chi connectivity index (χ1) is 17.5. The monoisotopic (exact) mass is 499 g/mol. The predicted octanol–water partition coefficient (Wildman–Crippen LogP) is 4.13. The normalized spacial score (nSPS) is 14.4. The molecule has 9 nitrogen and oxygen atoms in total. The number of rotatable bonds is 5. The molecule has 0 radical (unpaired) electrons. The molecular formula is C26H25N7O2S. The lowest BCUT2D eigenvalue weighted by atomic mass is 10.0. The zero-order valence-electron chi connectivity index (χ0n) is 20.0. The zero-order chi connectivity index (χ0) is 24.7. The topological polar surface area (TPSA) is 109 Å². The van der Waals surface area contributed by atoms with E-state index in [1.165, 1.54) is 0 Å². The number of carbonyl (C=O) groups is 1. The molecule has 36 heavy (non-hydrogen) atoms. The Morgan fingerprint density at radius 1 is 1.14 bits per heavy atom. The van der Waals surface area contributed by atoms with Gasteiger partial charge in [-0.1, -0.05) is 12.1 Å². The van der Waals surface area contributed by atoms with Gasteiger partial charge in [-0.25, -0.2) is 9.97 Å². The largest absolute Gasteiger partial charge is 0.378 e. The van der Waals surface area contributed by atoms with Gasteiger partial charge < -0.3 is 15.0 Å². The van der Waals surface area contributed by atoms with Crippen LogP contribution in [0.15, 0.2) is 55.0 Å². The average molecular weight is 500 g/mol. The highest BCUT2D eigenvalue weighted by Crippen LogP contribution is 2.39. The lowest BCUT2D eigenvalue weighted by Crippen LogP contribution is -2.40. The standard InChI is InChI=1S/C26H25N7O2S/c1-26(2,31-25(34)16-5-4-8-27-14-16)21-13-20-22(36-21)24(33-9-11-35-12-10-33)30-23(29-20)17-6-3-7-19-18(17)15-28-32-19/h3-8,13-15H,9-12H2,1-2H3,(H,28,32)(H,31,34). The Kier molecular flexibility index (Phi) is 5.62. The van der Waals surface area contributed by atoms with Crippen LogP contribution >= 0.6 is 11.3 Å². The summed E-state index contributed by atoms with van der Waals surface area (Å²) >= 11 is 1.61. The number of pyridine rings is 1. The van der Waals surface area contributed by atoms with Crippen LogP contribution in [-0.4, -0.2) is 57.4 Å². The third-order valence-corrected chi connectivity index (χ3v) is 7.80. The second-order valence-electron chi connectivity index (χ2n) is 9.25. The van der Waals surface area contributed by atoms with Crippen LogP contribution in [0.1, 0.15) is 29.1 Å². The molecule has 0 aliphatic carbocycles. The molecule has 5 aromatic rings. The molecule has 0 bridgehead atoms. The fourth-order valence-electron chi connectivity index (χ4n) is 4.41. The van der Waals surface area contributed by atoms with Gasteiger partial charge in [0, 0.05) is 41.3 Å². The molecule has 2 N–H and O–H groups in total. The number of nitrogens with one attached hydrogen (secondary N) is 2. The van der Waals surface area contributed by atoms with Gasteiger partial charge in [0.25, 0.3) is 5.91 Å². The predicted molar refractivity (Wildman–Crippen MR) is 140 cm³/mol. The Balaban J connectivity index is 1.45. The Bertz CT molecular complexity index is 1550. The van der Waals surface area contributed by atoms with E-state index in [0.717, 1.165) is 50.5 Å². The minimum absolute atomic E-state index is 0.169. The number of morpholine rings is 1. The molecule has 1 fully saturated rings. The number of ether oxygens (including phenoxy) is 1. The van der Waals surface area contributed by atoms with Crippen molar-refractivity contribution in [1.82, 2.24) is 30.5 Å². The average Bonchev–Trinajstić information content (AvgIpc) is 3.56. The minimum atomic E-state index is -0.620. The quantitative estimate of drug-likeness (QED) is 0.374. The van der Waals surface area contributed by atoms with E-state index < -0.39 is 5.54 Å². The first-order valence-electron chi connectivity index (χ1n) is 11.8. The van der Waals surface area contributed by atoms with Crippen LogP contribution in [0.5, 0.6) is 0 Å². The molecule has 1 aromatic carbocycles. The SMILES string of the molecule is CC(C)(NC(=O)c1cccnc1)c1cc2nc(-c3cccc4[nH]ncc34)nc(N3CCOCC3)c2s1. The van der Waals surface area contributed by atoms with Crippen LogP contribution in [-0.2, 0) is 10.3 Å². The van der Waals surface area contributed by atoms with Gasteiger partial charge in [-0.15, -0.1) is 11.3 Å². The van der Waals surface area contributed by atoms with Crippen LogP contribution in [0, 0.1) is 0 Å². The van der Waals surface area contributed by atoms with Gasteiger partial charge in [0.15, 0.2) is 11.6 Å². The van der Waals surface area contributed by atoms with Crippen molar-refractivity contribution in [3.63, 3.8) is 0 Å². The maximum absolute atomic E-state index is 12.9. The number of anilines is 1. The number of aromatic nitrogens is 5. The van der Waals surface area contributed by atoms with Crippen molar-refractivity contribution >= 4 is 44.2 Å². The molecule has 6 rings (SSSR count). The van der Waals surface area contributed by atoms with E-state index in [1.54, 1.807) is 35.9 Å². The van der Waals surface area contributed by atoms with E-state index in [0.29, 0.717) is 24.6 Å². The van der Waals surface area contributed by atoms with Gasteiger partial charge in [-0.3, -0.25) is 14.9 Å². The van der Waals surface area contributed by atoms with Crippen molar-refractivity contribution in [2.75, 3.05) is 31.2 Å². The van der Waals surface area contributed by atoms with E-state index in [9.17, 15) is 4.79 Å². The van der Waals surface area contributed by atoms with Gasteiger partial charge >= 0.3 is 0 Å². The number of hydrogen-bond donors (Lipinski definition) is 2. The van der Waals surface area contributed by atoms with E-state index in [4.69, 9.17) is 14.7 Å². The van der Waals surface area contributed by atoms with Gasteiger partial charge in [0.2, 0.25) is 0 Å². The van der Waals surface area contributed by atoms with Gasteiger partial charge in [-0.05, 0) is 38.1 Å². The Hall–Kier alpha value is -3.89. The second-order valence-corrected chi connectivity index (χ2v) is 10.3. The van der Waals surface area contributed by atoms with Crippen LogP contribution in [0.25, 0.3) is 32.5 Å². The summed E-state index contributed by atoms with van der Waals surface area (Å²) in [5.41, 5.74) is 2.62. The summed E-state index contributed by atoms with van der Waals surface area (Å²) in [6.45, 7) is 6.83. The molecule has 1 aliphatic heterocycles. The molecule has 1 amide bonds. The highest BCUT2D eigenvalue weighted by atomic mass is 32.1. The fourth-order valence-corrected chi connectivity index (χ4v) is 5.58. The summed E-state index contributed by atoms with van der Waals surface area (Å²) in [4.78, 5) is 30.3. The molecule has 182 valence electrons. The third-order valence-electron chi connectivity index (χ3n) is 6.36. The van der Waals surface area contributed by atoms with Crippen molar-refractivity contribution < 1.29 is 9.53 Å². The lowest BCUT2D eigenvalue weighted by Gasteiger charge is -2.28. The van der Waals surface area contributed by atoms with Crippen molar-refractivity contribution in [1.29, 1.82) is 0 Å². The number of hydrogen-bond acceptors (Lipinski definition) is 8. The van der Waals surface area contributed by atoms with E-state index in [1.807, 2.05) is 38.2 Å². The van der Waals surface area contributed by atoms with Gasteiger partial charge in [-0.2, -0.15) is 5.10 Å². The third kappa shape index (κ3) is 4.08. The smallest absolute Gasteiger partial charge is 0.253 e. The first kappa shape index (κ1) is 22.6. The number of thiophene rings is 1. The summed E-state index contributed by atoms with van der Waals surface area (Å²) in [6, 6.07) is 11.6. The van der Waals surface area contributed by atoms with E-state index in [2.05, 4.69) is 31.5 Å². The molecule has 10 heteroatoms. The molecule has 4 aromatic heterocycles. The van der Waals surface area contributed by atoms with Crippen molar-refractivity contribution in [2.24, 2.45) is 0 Å². The molecule has 1 aliphatic rings. The Labute approximate surface area is 211 Å². The number of benzene rings is 1. The van der Waals surface area contributed by atoms with Crippen molar-refractivity contribution in [3.8, 4) is 11.4 Å². The number of carbonyl (C=O) groups excluding carboxylic acids is 1. The number of nitrogens with zero attached hydrogens (tertiary/aromatic N) is 5. The van der Waals surface area contributed by atoms with Crippen molar-refractivity contribution in [3.05, 3.63) is 65.4 Å². The van der Waals surface area contributed by atoms with Crippen molar-refractivity contribution in [2.45, 2.75) is 19.4 Å². The lowest BCUT2D eigenvalue weighted by molar-refractivity contribution is 0.0913. The Morgan fingerprint density at radius 2 is 2.00 bits per heavy atom. The summed E-state index contributed by atoms with van der Waals surface area (Å²) in [5, 5.41) is 11.4. The van der Waals surface area contributed by atoms with Crippen LogP contribution < -0.4 is 10.2 Å². The molecule has 0 spiro atoms. The van der Waals surface area contributed by atoms with Gasteiger partial charge in [0.1, 0.15) is 0 Å². The summed E-state index contributed by atoms with van der Waals surface area (Å²) in [6.07, 6.45) is 5.03. The number of fused-ring (bicyclic) bond motifs is 2. The summed E-state index contributed by atoms with van der Waals surface area (Å²) < 4.78 is 6.59. The number of H-pyrrole nitrogens is 1. The maximum atomic E-state index is 12.9. The van der Waals surface area contributed by atoms with E-state index >= 15 is 0 Å². The minimum Gasteiger partial charge on any atom is -0.378 e. The van der Waals surface area contributed by atoms with Crippen LogP contribution in [0.3, 0.4) is 0 Å².